The molecule has 1 aliphatic rings. The number of nitrogens with zero attached hydrogens (tertiary/aromatic N) is 3. The molecule has 0 radical (unpaired) electrons. The van der Waals surface area contributed by atoms with Gasteiger partial charge in [-0.2, -0.15) is 10.1 Å². The minimum atomic E-state index is -2.93. The standard InChI is InChI=1S/C14H16BrN5O2S/c1-9-6-10(2-3-12(9)15)18-14-19-13(7-16-20-14)17-11-4-5-23(21,22)8-11/h2-3,6-7,11H,4-5,8H2,1H3,(H2,17,18,19,20). The monoisotopic (exact) mass is 397 g/mol. The first kappa shape index (κ1) is 16.1. The number of rotatable bonds is 4. The van der Waals surface area contributed by atoms with Gasteiger partial charge in [-0.05, 0) is 37.1 Å². The molecular weight excluding hydrogens is 382 g/mol. The van der Waals surface area contributed by atoms with Crippen molar-refractivity contribution in [2.75, 3.05) is 22.1 Å². The Morgan fingerprint density at radius 3 is 2.87 bits per heavy atom. The van der Waals surface area contributed by atoms with Gasteiger partial charge in [0.05, 0.1) is 17.7 Å². The zero-order valence-electron chi connectivity index (χ0n) is 12.5. The van der Waals surface area contributed by atoms with Crippen molar-refractivity contribution in [3.63, 3.8) is 0 Å². The van der Waals surface area contributed by atoms with Crippen molar-refractivity contribution in [2.45, 2.75) is 19.4 Å². The van der Waals surface area contributed by atoms with Gasteiger partial charge in [0.1, 0.15) is 0 Å². The molecule has 1 aliphatic heterocycles. The molecule has 1 aromatic carbocycles. The SMILES string of the molecule is Cc1cc(Nc2nncc(NC3CCS(=O)(=O)C3)n2)ccc1Br. The molecule has 122 valence electrons. The molecule has 0 saturated carbocycles. The van der Waals surface area contributed by atoms with Gasteiger partial charge < -0.3 is 10.6 Å². The molecule has 23 heavy (non-hydrogen) atoms. The fourth-order valence-electron chi connectivity index (χ4n) is 2.40. The molecule has 2 aromatic rings. The summed E-state index contributed by atoms with van der Waals surface area (Å²) in [5.41, 5.74) is 1.95. The predicted octanol–water partition coefficient (Wildman–Crippen LogP) is 2.29. The topological polar surface area (TPSA) is 96.9 Å². The van der Waals surface area contributed by atoms with Crippen molar-refractivity contribution in [1.29, 1.82) is 0 Å². The number of anilines is 3. The van der Waals surface area contributed by atoms with Crippen molar-refractivity contribution in [2.24, 2.45) is 0 Å². The lowest BCUT2D eigenvalue weighted by molar-refractivity contribution is 0.602. The Labute approximate surface area is 143 Å². The van der Waals surface area contributed by atoms with Gasteiger partial charge in [0.25, 0.3) is 0 Å². The zero-order chi connectivity index (χ0) is 16.4. The van der Waals surface area contributed by atoms with E-state index in [9.17, 15) is 8.42 Å². The minimum absolute atomic E-state index is 0.125. The molecule has 7 nitrogen and oxygen atoms in total. The molecule has 1 aromatic heterocycles. The Morgan fingerprint density at radius 1 is 1.35 bits per heavy atom. The van der Waals surface area contributed by atoms with Crippen LogP contribution in [0.1, 0.15) is 12.0 Å². The van der Waals surface area contributed by atoms with E-state index in [1.165, 1.54) is 6.20 Å². The zero-order valence-corrected chi connectivity index (χ0v) is 14.9. The Morgan fingerprint density at radius 2 is 2.17 bits per heavy atom. The van der Waals surface area contributed by atoms with Crippen molar-refractivity contribution < 1.29 is 8.42 Å². The van der Waals surface area contributed by atoms with E-state index in [1.807, 2.05) is 25.1 Å². The van der Waals surface area contributed by atoms with Crippen LogP contribution in [0.25, 0.3) is 0 Å². The van der Waals surface area contributed by atoms with Crippen LogP contribution in [0, 0.1) is 6.92 Å². The second-order valence-electron chi connectivity index (χ2n) is 5.50. The largest absolute Gasteiger partial charge is 0.365 e. The van der Waals surface area contributed by atoms with Gasteiger partial charge in [-0.3, -0.25) is 0 Å². The Hall–Kier alpha value is -1.74. The molecule has 0 amide bonds. The molecule has 2 N–H and O–H groups in total. The van der Waals surface area contributed by atoms with E-state index < -0.39 is 9.84 Å². The molecule has 1 saturated heterocycles. The molecule has 9 heteroatoms. The molecule has 1 atom stereocenters. The van der Waals surface area contributed by atoms with Crippen LogP contribution in [-0.2, 0) is 9.84 Å². The summed E-state index contributed by atoms with van der Waals surface area (Å²) in [6, 6.07) is 5.69. The third kappa shape index (κ3) is 4.17. The van der Waals surface area contributed by atoms with Gasteiger partial charge in [0.2, 0.25) is 5.95 Å². The average molecular weight is 398 g/mol. The summed E-state index contributed by atoms with van der Waals surface area (Å²) in [5, 5.41) is 14.0. The molecule has 1 unspecified atom stereocenters. The first-order chi connectivity index (χ1) is 10.9. The predicted molar refractivity (Wildman–Crippen MR) is 92.7 cm³/mol. The number of nitrogens with one attached hydrogen (secondary N) is 2. The third-order valence-corrected chi connectivity index (χ3v) is 6.22. The summed E-state index contributed by atoms with van der Waals surface area (Å²) in [7, 11) is -2.93. The summed E-state index contributed by atoms with van der Waals surface area (Å²) < 4.78 is 24.0. The summed E-state index contributed by atoms with van der Waals surface area (Å²) in [6.45, 7) is 1.99. The third-order valence-electron chi connectivity index (χ3n) is 3.56. The molecule has 1 fully saturated rings. The molecule has 3 rings (SSSR count). The lowest BCUT2D eigenvalue weighted by Gasteiger charge is -2.12. The maximum Gasteiger partial charge on any atom is 0.249 e. The van der Waals surface area contributed by atoms with Gasteiger partial charge in [-0.1, -0.05) is 15.9 Å². The number of benzene rings is 1. The van der Waals surface area contributed by atoms with Crippen molar-refractivity contribution in [1.82, 2.24) is 15.2 Å². The number of hydrogen-bond donors (Lipinski definition) is 2. The van der Waals surface area contributed by atoms with Crippen LogP contribution in [-0.4, -0.2) is 41.1 Å². The number of aromatic nitrogens is 3. The molecule has 2 heterocycles. The van der Waals surface area contributed by atoms with E-state index in [0.717, 1.165) is 15.7 Å². The van der Waals surface area contributed by atoms with Crippen LogP contribution in [0.15, 0.2) is 28.9 Å². The fourth-order valence-corrected chi connectivity index (χ4v) is 4.32. The van der Waals surface area contributed by atoms with E-state index in [4.69, 9.17) is 0 Å². The smallest absolute Gasteiger partial charge is 0.249 e. The normalized spacial score (nSPS) is 19.5. The van der Waals surface area contributed by atoms with Crippen LogP contribution < -0.4 is 10.6 Å². The number of aryl methyl sites for hydroxylation is 1. The Kier molecular flexibility index (Phi) is 4.49. The first-order valence-corrected chi connectivity index (χ1v) is 9.72. The lowest BCUT2D eigenvalue weighted by Crippen LogP contribution is -2.21. The van der Waals surface area contributed by atoms with E-state index in [0.29, 0.717) is 18.2 Å². The summed E-state index contributed by atoms with van der Waals surface area (Å²) in [4.78, 5) is 4.33. The number of halogens is 1. The van der Waals surface area contributed by atoms with Crippen molar-refractivity contribution >= 4 is 43.2 Å². The van der Waals surface area contributed by atoms with Crippen LogP contribution >= 0.6 is 15.9 Å². The molecule has 0 bridgehead atoms. The highest BCUT2D eigenvalue weighted by Crippen LogP contribution is 2.22. The molecule has 0 spiro atoms. The summed E-state index contributed by atoms with van der Waals surface area (Å²) in [5.74, 6) is 1.22. The van der Waals surface area contributed by atoms with E-state index in [2.05, 4.69) is 41.7 Å². The highest BCUT2D eigenvalue weighted by Gasteiger charge is 2.28. The van der Waals surface area contributed by atoms with E-state index in [-0.39, 0.29) is 17.5 Å². The number of sulfone groups is 1. The highest BCUT2D eigenvalue weighted by molar-refractivity contribution is 9.10. The second kappa shape index (κ2) is 6.40. The maximum atomic E-state index is 11.5. The van der Waals surface area contributed by atoms with Gasteiger partial charge >= 0.3 is 0 Å². The summed E-state index contributed by atoms with van der Waals surface area (Å²) >= 11 is 3.45. The van der Waals surface area contributed by atoms with Crippen LogP contribution in [0.3, 0.4) is 0 Å². The van der Waals surface area contributed by atoms with Gasteiger partial charge in [0, 0.05) is 16.2 Å². The van der Waals surface area contributed by atoms with Gasteiger partial charge in [-0.25, -0.2) is 8.42 Å². The highest BCUT2D eigenvalue weighted by atomic mass is 79.9. The lowest BCUT2D eigenvalue weighted by atomic mass is 10.2. The Balaban J connectivity index is 1.71. The molecular formula is C14H16BrN5O2S. The van der Waals surface area contributed by atoms with Crippen LogP contribution in [0.4, 0.5) is 17.5 Å². The van der Waals surface area contributed by atoms with Gasteiger partial charge in [-0.15, -0.1) is 5.10 Å². The quantitative estimate of drug-likeness (QED) is 0.816. The van der Waals surface area contributed by atoms with Crippen molar-refractivity contribution in [3.05, 3.63) is 34.4 Å². The fraction of sp³-hybridized carbons (Fsp3) is 0.357. The van der Waals surface area contributed by atoms with Crippen molar-refractivity contribution in [3.8, 4) is 0 Å². The summed E-state index contributed by atoms with van der Waals surface area (Å²) in [6.07, 6.45) is 2.07. The second-order valence-corrected chi connectivity index (χ2v) is 8.58. The number of hydrogen-bond acceptors (Lipinski definition) is 7. The van der Waals surface area contributed by atoms with Crippen LogP contribution in [0.2, 0.25) is 0 Å². The minimum Gasteiger partial charge on any atom is -0.365 e. The van der Waals surface area contributed by atoms with Crippen LogP contribution in [0.5, 0.6) is 0 Å². The average Bonchev–Trinajstić information content (AvgIpc) is 2.82. The Bertz CT molecular complexity index is 828. The van der Waals surface area contributed by atoms with E-state index >= 15 is 0 Å². The van der Waals surface area contributed by atoms with Gasteiger partial charge in [0.15, 0.2) is 15.7 Å². The first-order valence-electron chi connectivity index (χ1n) is 7.11. The van der Waals surface area contributed by atoms with E-state index in [1.54, 1.807) is 0 Å². The maximum absolute atomic E-state index is 11.5. The molecule has 0 aliphatic carbocycles.